The molecule has 2 fully saturated rings. The van der Waals surface area contributed by atoms with E-state index in [0.29, 0.717) is 12.6 Å². The monoisotopic (exact) mass is 537 g/mol. The number of carboxylic acids is 2. The van der Waals surface area contributed by atoms with Gasteiger partial charge in [0.2, 0.25) is 0 Å². The summed E-state index contributed by atoms with van der Waals surface area (Å²) >= 11 is 5.94. The number of benzene rings is 1. The second-order valence-electron chi connectivity index (χ2n) is 7.68. The highest BCUT2D eigenvalue weighted by Crippen LogP contribution is 2.22. The van der Waals surface area contributed by atoms with Crippen LogP contribution in [0.4, 0.5) is 32.0 Å². The molecule has 1 aromatic rings. The van der Waals surface area contributed by atoms with Crippen LogP contribution in [0.2, 0.25) is 5.02 Å². The minimum atomic E-state index is -5.08. The molecule has 35 heavy (non-hydrogen) atoms. The second kappa shape index (κ2) is 13.7. The molecule has 0 spiro atoms. The van der Waals surface area contributed by atoms with Crippen LogP contribution in [0.1, 0.15) is 19.3 Å². The van der Waals surface area contributed by atoms with Crippen molar-refractivity contribution in [3.63, 3.8) is 0 Å². The van der Waals surface area contributed by atoms with Gasteiger partial charge < -0.3 is 30.9 Å². The first-order valence-electron chi connectivity index (χ1n) is 10.4. The summed E-state index contributed by atoms with van der Waals surface area (Å²) in [5.41, 5.74) is 1.25. The third-order valence-corrected chi connectivity index (χ3v) is 5.32. The van der Waals surface area contributed by atoms with Crippen LogP contribution < -0.4 is 15.5 Å². The molecule has 0 radical (unpaired) electrons. The Bertz CT molecular complexity index is 778. The Morgan fingerprint density at radius 3 is 1.80 bits per heavy atom. The van der Waals surface area contributed by atoms with E-state index in [2.05, 4.69) is 27.7 Å². The number of carbonyl (C=O) groups is 2. The Labute approximate surface area is 201 Å². The summed E-state index contributed by atoms with van der Waals surface area (Å²) in [6, 6.07) is 8.85. The molecule has 2 atom stereocenters. The molecule has 200 valence electrons. The Kier molecular flexibility index (Phi) is 12.0. The maximum atomic E-state index is 10.6. The number of β-amino-alcohol motifs (C(OH)–C–C–N with tert-alkyl or cyclic N) is 1. The standard InChI is InChI=1S/C16H24ClN3O.2C2HF3O2/c17-12-1-3-14(4-2-12)20-9-6-13(7-10-20)19-15-5-8-18-11-16(15)21;2*3-2(4,5)1(6)7/h1-4,13,15-16,18-19,21H,5-11H2;2*(H,6,7)/t15-,16-;;/m1../s1. The number of anilines is 1. The number of nitrogens with one attached hydrogen (secondary N) is 2. The highest BCUT2D eigenvalue weighted by Gasteiger charge is 2.38. The molecular weight excluding hydrogens is 512 g/mol. The van der Waals surface area contributed by atoms with E-state index < -0.39 is 24.3 Å². The molecule has 1 aromatic carbocycles. The fourth-order valence-electron chi connectivity index (χ4n) is 3.30. The summed E-state index contributed by atoms with van der Waals surface area (Å²) in [6.07, 6.45) is -7.16. The van der Waals surface area contributed by atoms with Gasteiger partial charge in [0.1, 0.15) is 0 Å². The molecule has 0 amide bonds. The Morgan fingerprint density at radius 1 is 0.943 bits per heavy atom. The number of carboxylic acid groups (broad SMARTS) is 2. The number of aliphatic hydroxyl groups is 1. The molecule has 8 nitrogen and oxygen atoms in total. The number of aliphatic carboxylic acids is 2. The van der Waals surface area contributed by atoms with Crippen molar-refractivity contribution < 1.29 is 51.3 Å². The summed E-state index contributed by atoms with van der Waals surface area (Å²) in [6.45, 7) is 3.82. The second-order valence-corrected chi connectivity index (χ2v) is 8.11. The number of piperidine rings is 2. The zero-order chi connectivity index (χ0) is 26.8. The summed E-state index contributed by atoms with van der Waals surface area (Å²) in [5, 5.41) is 31.9. The van der Waals surface area contributed by atoms with Crippen LogP contribution in [0.5, 0.6) is 0 Å². The summed E-state index contributed by atoms with van der Waals surface area (Å²) in [5.74, 6) is -5.51. The van der Waals surface area contributed by atoms with E-state index in [0.717, 1.165) is 43.9 Å². The number of halogens is 7. The molecule has 2 saturated heterocycles. The first kappa shape index (κ1) is 30.7. The van der Waals surface area contributed by atoms with Crippen LogP contribution >= 0.6 is 11.6 Å². The first-order chi connectivity index (χ1) is 16.1. The maximum absolute atomic E-state index is 10.6. The van der Waals surface area contributed by atoms with Gasteiger partial charge in [0.15, 0.2) is 0 Å². The zero-order valence-corrected chi connectivity index (χ0v) is 19.0. The summed E-state index contributed by atoms with van der Waals surface area (Å²) < 4.78 is 63.5. The van der Waals surface area contributed by atoms with Gasteiger partial charge in [-0.2, -0.15) is 26.3 Å². The van der Waals surface area contributed by atoms with Gasteiger partial charge in [-0.15, -0.1) is 0 Å². The normalized spacial score (nSPS) is 21.2. The van der Waals surface area contributed by atoms with Crippen molar-refractivity contribution in [3.05, 3.63) is 29.3 Å². The summed E-state index contributed by atoms with van der Waals surface area (Å²) in [4.78, 5) is 20.2. The van der Waals surface area contributed by atoms with Crippen LogP contribution in [0, 0.1) is 0 Å². The lowest BCUT2D eigenvalue weighted by Gasteiger charge is -2.38. The van der Waals surface area contributed by atoms with Crippen LogP contribution in [0.3, 0.4) is 0 Å². The van der Waals surface area contributed by atoms with Gasteiger partial charge in [0.05, 0.1) is 6.10 Å². The Hall–Kier alpha value is -2.29. The van der Waals surface area contributed by atoms with Crippen LogP contribution in [0.25, 0.3) is 0 Å². The number of hydrogen-bond donors (Lipinski definition) is 5. The van der Waals surface area contributed by atoms with Crippen molar-refractivity contribution in [1.82, 2.24) is 10.6 Å². The van der Waals surface area contributed by atoms with Gasteiger partial charge in [0.25, 0.3) is 0 Å². The van der Waals surface area contributed by atoms with Crippen molar-refractivity contribution in [2.24, 2.45) is 0 Å². The SMILES string of the molecule is O=C(O)C(F)(F)F.O=C(O)C(F)(F)F.O[C@@H]1CNCC[C@H]1NC1CCN(c2ccc(Cl)cc2)CC1. The molecule has 0 saturated carbocycles. The predicted octanol–water partition coefficient (Wildman–Crippen LogP) is 2.89. The van der Waals surface area contributed by atoms with Gasteiger partial charge >= 0.3 is 24.3 Å². The van der Waals surface area contributed by atoms with Crippen molar-refractivity contribution >= 4 is 29.2 Å². The van der Waals surface area contributed by atoms with Gasteiger partial charge in [-0.1, -0.05) is 11.6 Å². The van der Waals surface area contributed by atoms with Crippen LogP contribution in [-0.2, 0) is 9.59 Å². The van der Waals surface area contributed by atoms with E-state index >= 15 is 0 Å². The van der Waals surface area contributed by atoms with E-state index in [4.69, 9.17) is 31.4 Å². The fraction of sp³-hybridized carbons (Fsp3) is 0.600. The predicted molar refractivity (Wildman–Crippen MR) is 114 cm³/mol. The molecule has 0 aliphatic carbocycles. The number of nitrogens with zero attached hydrogens (tertiary/aromatic N) is 1. The topological polar surface area (TPSA) is 122 Å². The molecule has 5 N–H and O–H groups in total. The lowest BCUT2D eigenvalue weighted by atomic mass is 9.98. The van der Waals surface area contributed by atoms with Crippen LogP contribution in [0.15, 0.2) is 24.3 Å². The molecule has 3 rings (SSSR count). The number of rotatable bonds is 3. The third kappa shape index (κ3) is 11.8. The summed E-state index contributed by atoms with van der Waals surface area (Å²) in [7, 11) is 0. The third-order valence-electron chi connectivity index (χ3n) is 5.07. The zero-order valence-electron chi connectivity index (χ0n) is 18.2. The minimum absolute atomic E-state index is 0.248. The van der Waals surface area contributed by atoms with E-state index in [1.54, 1.807) is 0 Å². The smallest absolute Gasteiger partial charge is 0.475 e. The van der Waals surface area contributed by atoms with Gasteiger partial charge in [-0.3, -0.25) is 0 Å². The molecule has 2 aliphatic rings. The Balaban J connectivity index is 0.000000362. The molecule has 15 heteroatoms. The highest BCUT2D eigenvalue weighted by atomic mass is 35.5. The van der Waals surface area contributed by atoms with Crippen molar-refractivity contribution in [3.8, 4) is 0 Å². The Morgan fingerprint density at radius 2 is 1.40 bits per heavy atom. The molecular formula is C20H26ClF6N3O5. The maximum Gasteiger partial charge on any atom is 0.490 e. The van der Waals surface area contributed by atoms with E-state index in [9.17, 15) is 31.4 Å². The minimum Gasteiger partial charge on any atom is -0.475 e. The number of aliphatic hydroxyl groups excluding tert-OH is 1. The molecule has 2 heterocycles. The largest absolute Gasteiger partial charge is 0.490 e. The quantitative estimate of drug-likeness (QED) is 0.373. The van der Waals surface area contributed by atoms with Crippen LogP contribution in [-0.4, -0.2) is 84.0 Å². The van der Waals surface area contributed by atoms with Gasteiger partial charge in [0, 0.05) is 42.4 Å². The number of alkyl halides is 6. The molecule has 2 aliphatic heterocycles. The molecule has 0 unspecified atom stereocenters. The molecule has 0 bridgehead atoms. The fourth-order valence-corrected chi connectivity index (χ4v) is 3.42. The van der Waals surface area contributed by atoms with E-state index in [-0.39, 0.29) is 12.1 Å². The average Bonchev–Trinajstić information content (AvgIpc) is 2.76. The number of hydrogen-bond acceptors (Lipinski definition) is 6. The average molecular weight is 538 g/mol. The highest BCUT2D eigenvalue weighted by molar-refractivity contribution is 6.30. The van der Waals surface area contributed by atoms with Gasteiger partial charge in [-0.25, -0.2) is 9.59 Å². The van der Waals surface area contributed by atoms with Crippen molar-refractivity contribution in [2.75, 3.05) is 31.1 Å². The van der Waals surface area contributed by atoms with Gasteiger partial charge in [-0.05, 0) is 50.1 Å². The van der Waals surface area contributed by atoms with E-state index in [1.165, 1.54) is 5.69 Å². The lowest BCUT2D eigenvalue weighted by Crippen LogP contribution is -2.55. The first-order valence-corrected chi connectivity index (χ1v) is 10.7. The molecule has 0 aromatic heterocycles. The van der Waals surface area contributed by atoms with E-state index in [1.807, 2.05) is 12.1 Å². The van der Waals surface area contributed by atoms with Crippen molar-refractivity contribution in [2.45, 2.75) is 49.8 Å². The van der Waals surface area contributed by atoms with Crippen molar-refractivity contribution in [1.29, 1.82) is 0 Å². The lowest BCUT2D eigenvalue weighted by molar-refractivity contribution is -0.193.